The van der Waals surface area contributed by atoms with Gasteiger partial charge in [-0.25, -0.2) is 0 Å². The molecule has 9 rings (SSSR count). The van der Waals surface area contributed by atoms with E-state index in [9.17, 15) is 10.5 Å². The fourth-order valence-corrected chi connectivity index (χ4v) is 7.33. The summed E-state index contributed by atoms with van der Waals surface area (Å²) in [5, 5.41) is 24.2. The molecule has 4 heteroatoms. The Labute approximate surface area is 277 Å². The summed E-state index contributed by atoms with van der Waals surface area (Å²) in [5.41, 5.74) is 11.9. The number of hydrogen-bond donors (Lipinski definition) is 0. The van der Waals surface area contributed by atoms with E-state index in [0.717, 1.165) is 55.4 Å². The predicted octanol–water partition coefficient (Wildman–Crippen LogP) is 11.0. The van der Waals surface area contributed by atoms with Gasteiger partial charge in [-0.15, -0.1) is 0 Å². The van der Waals surface area contributed by atoms with Crippen molar-refractivity contribution in [1.29, 1.82) is 10.5 Å². The first-order valence-electron chi connectivity index (χ1n) is 15.9. The zero-order chi connectivity index (χ0) is 32.2. The van der Waals surface area contributed by atoms with Crippen molar-refractivity contribution in [2.24, 2.45) is 0 Å². The topological polar surface area (TPSA) is 57.4 Å². The number of rotatable bonds is 4. The van der Waals surface area contributed by atoms with Gasteiger partial charge in [-0.1, -0.05) is 97.1 Å². The van der Waals surface area contributed by atoms with Gasteiger partial charge in [-0.2, -0.15) is 10.5 Å². The van der Waals surface area contributed by atoms with Gasteiger partial charge in [-0.05, 0) is 77.4 Å². The Morgan fingerprint density at radius 3 is 1.60 bits per heavy atom. The van der Waals surface area contributed by atoms with Crippen molar-refractivity contribution in [1.82, 2.24) is 9.13 Å². The van der Waals surface area contributed by atoms with Crippen molar-refractivity contribution < 1.29 is 0 Å². The van der Waals surface area contributed by atoms with Crippen LogP contribution >= 0.6 is 0 Å². The highest BCUT2D eigenvalue weighted by atomic mass is 15.0. The lowest BCUT2D eigenvalue weighted by Crippen LogP contribution is -1.98. The molecule has 0 N–H and O–H groups in total. The van der Waals surface area contributed by atoms with Crippen LogP contribution in [0.4, 0.5) is 0 Å². The van der Waals surface area contributed by atoms with E-state index in [4.69, 9.17) is 0 Å². The van der Waals surface area contributed by atoms with Crippen molar-refractivity contribution in [2.75, 3.05) is 0 Å². The monoisotopic (exact) mass is 610 g/mol. The second-order valence-corrected chi connectivity index (χ2v) is 12.0. The third kappa shape index (κ3) is 4.07. The molecule has 0 bridgehead atoms. The Morgan fingerprint density at radius 2 is 0.896 bits per heavy atom. The second-order valence-electron chi connectivity index (χ2n) is 12.0. The highest BCUT2D eigenvalue weighted by molar-refractivity contribution is 6.12. The molecule has 0 aliphatic carbocycles. The summed E-state index contributed by atoms with van der Waals surface area (Å²) in [4.78, 5) is 0. The van der Waals surface area contributed by atoms with E-state index in [-0.39, 0.29) is 0 Å². The summed E-state index contributed by atoms with van der Waals surface area (Å²) in [5.74, 6) is 0. The van der Waals surface area contributed by atoms with Gasteiger partial charge >= 0.3 is 0 Å². The summed E-state index contributed by atoms with van der Waals surface area (Å²) in [6, 6.07) is 59.1. The minimum Gasteiger partial charge on any atom is -0.309 e. The van der Waals surface area contributed by atoms with Gasteiger partial charge in [-0.3, -0.25) is 0 Å². The van der Waals surface area contributed by atoms with E-state index >= 15 is 0 Å². The van der Waals surface area contributed by atoms with Crippen LogP contribution in [-0.2, 0) is 0 Å². The SMILES string of the molecule is N#Cc1ccc2c(c1)c1cc(-c3ccccc3-c3ccccc3-n3c4ccccc4c4ccccc43)ccc1n2-c1ccccc1C#N. The lowest BCUT2D eigenvalue weighted by atomic mass is 9.92. The first kappa shape index (κ1) is 27.4. The van der Waals surface area contributed by atoms with Gasteiger partial charge in [0.15, 0.2) is 0 Å². The zero-order valence-corrected chi connectivity index (χ0v) is 25.8. The van der Waals surface area contributed by atoms with Gasteiger partial charge < -0.3 is 9.13 Å². The molecule has 0 aliphatic heterocycles. The Hall–Kier alpha value is -6.88. The largest absolute Gasteiger partial charge is 0.309 e. The average molecular weight is 611 g/mol. The molecule has 0 fully saturated rings. The molecule has 0 unspecified atom stereocenters. The lowest BCUT2D eigenvalue weighted by molar-refractivity contribution is 1.17. The highest BCUT2D eigenvalue weighted by Crippen LogP contribution is 2.41. The third-order valence-corrected chi connectivity index (χ3v) is 9.41. The van der Waals surface area contributed by atoms with Crippen LogP contribution in [0.1, 0.15) is 11.1 Å². The van der Waals surface area contributed by atoms with Crippen LogP contribution in [0.5, 0.6) is 0 Å². The van der Waals surface area contributed by atoms with E-state index in [1.54, 1.807) is 0 Å². The molecule has 0 saturated heterocycles. The van der Waals surface area contributed by atoms with E-state index < -0.39 is 0 Å². The molecule has 0 spiro atoms. The number of benzene rings is 7. The van der Waals surface area contributed by atoms with E-state index in [2.05, 4.69) is 137 Å². The van der Waals surface area contributed by atoms with Crippen molar-refractivity contribution in [2.45, 2.75) is 0 Å². The molecule has 9 aromatic rings. The fraction of sp³-hybridized carbons (Fsp3) is 0. The minimum atomic E-state index is 0.594. The van der Waals surface area contributed by atoms with Gasteiger partial charge in [0.05, 0.1) is 50.6 Å². The number of hydrogen-bond acceptors (Lipinski definition) is 2. The minimum absolute atomic E-state index is 0.594. The molecular weight excluding hydrogens is 585 g/mol. The molecular formula is C44H26N4. The Bertz CT molecular complexity index is 2760. The number of aromatic nitrogens is 2. The van der Waals surface area contributed by atoms with Crippen LogP contribution in [0.15, 0.2) is 158 Å². The molecule has 0 saturated carbocycles. The van der Waals surface area contributed by atoms with E-state index in [0.29, 0.717) is 11.1 Å². The normalized spacial score (nSPS) is 11.3. The molecule has 0 atom stereocenters. The molecule has 48 heavy (non-hydrogen) atoms. The quantitative estimate of drug-likeness (QED) is 0.199. The Kier molecular flexibility index (Phi) is 6.22. The lowest BCUT2D eigenvalue weighted by Gasteiger charge is -2.17. The van der Waals surface area contributed by atoms with Crippen molar-refractivity contribution in [3.8, 4) is 45.8 Å². The van der Waals surface area contributed by atoms with Gasteiger partial charge in [0, 0.05) is 27.1 Å². The van der Waals surface area contributed by atoms with Crippen molar-refractivity contribution in [3.63, 3.8) is 0 Å². The molecule has 2 heterocycles. The smallest absolute Gasteiger partial charge is 0.101 e. The molecule has 0 radical (unpaired) electrons. The maximum absolute atomic E-state index is 9.97. The standard InChI is InChI=1S/C44H26N4/c45-27-29-21-23-43-37(25-29)38-26-30(22-24-44(38)47(43)39-17-7-1-11-31(39)28-46)32-12-2-3-13-33(32)34-14-4-8-18-40(34)48-41-19-9-5-15-35(41)36-16-6-10-20-42(36)48/h1-26H. The predicted molar refractivity (Wildman–Crippen MR) is 195 cm³/mol. The number of fused-ring (bicyclic) bond motifs is 6. The van der Waals surface area contributed by atoms with Crippen LogP contribution in [-0.4, -0.2) is 9.13 Å². The summed E-state index contributed by atoms with van der Waals surface area (Å²) in [6.45, 7) is 0. The van der Waals surface area contributed by atoms with Gasteiger partial charge in [0.25, 0.3) is 0 Å². The molecule has 2 aromatic heterocycles. The zero-order valence-electron chi connectivity index (χ0n) is 25.8. The third-order valence-electron chi connectivity index (χ3n) is 9.41. The molecule has 7 aromatic carbocycles. The molecule has 0 aliphatic rings. The molecule has 0 amide bonds. The van der Waals surface area contributed by atoms with E-state index in [1.165, 1.54) is 21.8 Å². The summed E-state index contributed by atoms with van der Waals surface area (Å²) >= 11 is 0. The van der Waals surface area contributed by atoms with Crippen LogP contribution in [0.2, 0.25) is 0 Å². The molecule has 4 nitrogen and oxygen atoms in total. The average Bonchev–Trinajstić information content (AvgIpc) is 3.66. The van der Waals surface area contributed by atoms with Crippen LogP contribution in [0, 0.1) is 22.7 Å². The van der Waals surface area contributed by atoms with Crippen LogP contribution < -0.4 is 0 Å². The summed E-state index contributed by atoms with van der Waals surface area (Å²) < 4.78 is 4.52. The summed E-state index contributed by atoms with van der Waals surface area (Å²) in [7, 11) is 0. The number of nitriles is 2. The van der Waals surface area contributed by atoms with Gasteiger partial charge in [0.2, 0.25) is 0 Å². The van der Waals surface area contributed by atoms with Crippen molar-refractivity contribution >= 4 is 43.6 Å². The first-order chi connectivity index (χ1) is 23.7. The van der Waals surface area contributed by atoms with Gasteiger partial charge in [0.1, 0.15) is 6.07 Å². The van der Waals surface area contributed by atoms with Crippen LogP contribution in [0.3, 0.4) is 0 Å². The maximum Gasteiger partial charge on any atom is 0.101 e. The number of nitrogens with zero attached hydrogens (tertiary/aromatic N) is 4. The second kappa shape index (κ2) is 10.9. The van der Waals surface area contributed by atoms with Crippen LogP contribution in [0.25, 0.3) is 77.2 Å². The summed E-state index contributed by atoms with van der Waals surface area (Å²) in [6.07, 6.45) is 0. The Balaban J connectivity index is 1.29. The number of para-hydroxylation sites is 4. The highest BCUT2D eigenvalue weighted by Gasteiger charge is 2.19. The van der Waals surface area contributed by atoms with Crippen molar-refractivity contribution in [3.05, 3.63) is 169 Å². The first-order valence-corrected chi connectivity index (χ1v) is 15.9. The maximum atomic E-state index is 9.97. The Morgan fingerprint density at radius 1 is 0.375 bits per heavy atom. The van der Waals surface area contributed by atoms with E-state index in [1.807, 2.05) is 42.5 Å². The fourth-order valence-electron chi connectivity index (χ4n) is 7.33. The molecule has 222 valence electrons.